The maximum absolute atomic E-state index is 13.3. The van der Waals surface area contributed by atoms with E-state index in [-0.39, 0.29) is 18.7 Å². The molecule has 0 unspecified atom stereocenters. The van der Waals surface area contributed by atoms with Crippen molar-refractivity contribution in [2.24, 2.45) is 11.3 Å². The van der Waals surface area contributed by atoms with Gasteiger partial charge in [-0.15, -0.1) is 15.0 Å². The molecule has 1 fully saturated rings. The number of tetrazole rings is 1. The fraction of sp³-hybridized carbons (Fsp3) is 0.410. The van der Waals surface area contributed by atoms with E-state index in [2.05, 4.69) is 49.1 Å². The molecule has 0 spiro atoms. The van der Waals surface area contributed by atoms with Gasteiger partial charge in [-0.1, -0.05) is 66.7 Å². The molecule has 0 atom stereocenters. The van der Waals surface area contributed by atoms with Crippen LogP contribution >= 0.6 is 0 Å². The molecular weight excluding hydrogens is 713 g/mol. The molecule has 2 aliphatic heterocycles. The summed E-state index contributed by atoms with van der Waals surface area (Å²) in [5.41, 5.74) is 5.11. The van der Waals surface area contributed by atoms with Gasteiger partial charge in [-0.05, 0) is 87.0 Å². The summed E-state index contributed by atoms with van der Waals surface area (Å²) >= 11 is 0. The van der Waals surface area contributed by atoms with Crippen molar-refractivity contribution in [2.45, 2.75) is 59.9 Å². The average molecular weight is 759 g/mol. The molecule has 54 heavy (non-hydrogen) atoms. The number of likely N-dealkylation sites (tertiary alicyclic amines) is 1. The molecule has 2 aliphatic rings. The number of ether oxygens (including phenoxy) is 3. The third-order valence-electron chi connectivity index (χ3n) is 9.26. The number of para-hydroxylation sites is 1. The van der Waals surface area contributed by atoms with Gasteiger partial charge in [-0.2, -0.15) is 8.42 Å². The van der Waals surface area contributed by atoms with Crippen molar-refractivity contribution < 1.29 is 36.8 Å². The summed E-state index contributed by atoms with van der Waals surface area (Å²) in [6.07, 6.45) is 3.60. The first-order valence-electron chi connectivity index (χ1n) is 17.9. The number of piperidine rings is 1. The number of benzene rings is 3. The Hall–Kier alpha value is -5.12. The van der Waals surface area contributed by atoms with Crippen LogP contribution in [0.4, 0.5) is 0 Å². The Labute approximate surface area is 314 Å². The number of hydrogen-bond acceptors (Lipinski definition) is 11. The molecule has 3 aromatic carbocycles. The minimum absolute atomic E-state index is 0.0925. The van der Waals surface area contributed by atoms with Gasteiger partial charge >= 0.3 is 11.9 Å². The first kappa shape index (κ1) is 38.6. The Kier molecular flexibility index (Phi) is 11.8. The average Bonchev–Trinajstić information content (AvgIpc) is 3.76. The summed E-state index contributed by atoms with van der Waals surface area (Å²) in [5.74, 6) is 0.824. The first-order chi connectivity index (χ1) is 25.7. The Morgan fingerprint density at radius 2 is 1.59 bits per heavy atom. The van der Waals surface area contributed by atoms with Gasteiger partial charge in [0.05, 0.1) is 30.4 Å². The number of rotatable bonds is 9. The fourth-order valence-electron chi connectivity index (χ4n) is 6.53. The number of carbonyl (C=O) groups excluding carboxylic acids is 2. The van der Waals surface area contributed by atoms with Crippen LogP contribution in [0.5, 0.6) is 5.88 Å². The summed E-state index contributed by atoms with van der Waals surface area (Å²) < 4.78 is 45.1. The van der Waals surface area contributed by atoms with E-state index >= 15 is 0 Å². The van der Waals surface area contributed by atoms with Crippen LogP contribution < -0.4 is 4.74 Å². The number of carbonyl (C=O) groups is 2. The fourth-order valence-corrected chi connectivity index (χ4v) is 6.53. The lowest BCUT2D eigenvalue weighted by molar-refractivity contribution is -0.157. The summed E-state index contributed by atoms with van der Waals surface area (Å²) in [5, 5.41) is 13.7. The van der Waals surface area contributed by atoms with Crippen LogP contribution in [0.15, 0.2) is 72.8 Å². The van der Waals surface area contributed by atoms with E-state index in [4.69, 9.17) is 18.8 Å². The molecule has 5 aromatic rings. The normalized spacial score (nSPS) is 15.1. The third kappa shape index (κ3) is 9.70. The zero-order valence-electron chi connectivity index (χ0n) is 31.0. The Morgan fingerprint density at radius 1 is 0.926 bits per heavy atom. The van der Waals surface area contributed by atoms with Crippen LogP contribution in [-0.4, -0.2) is 87.1 Å². The van der Waals surface area contributed by atoms with E-state index in [9.17, 15) is 18.0 Å². The van der Waals surface area contributed by atoms with E-state index in [1.807, 2.05) is 48.5 Å². The van der Waals surface area contributed by atoms with E-state index < -0.39 is 15.5 Å². The highest BCUT2D eigenvalue weighted by atomic mass is 32.2. The number of esters is 2. The summed E-state index contributed by atoms with van der Waals surface area (Å²) in [7, 11) is -3.67. The van der Waals surface area contributed by atoms with Gasteiger partial charge in [0.15, 0.2) is 0 Å². The van der Waals surface area contributed by atoms with Gasteiger partial charge in [0.25, 0.3) is 10.1 Å². The van der Waals surface area contributed by atoms with Crippen LogP contribution in [0.3, 0.4) is 0 Å². The molecule has 0 saturated carbocycles. The van der Waals surface area contributed by atoms with E-state index in [0.29, 0.717) is 42.7 Å². The van der Waals surface area contributed by atoms with Crippen molar-refractivity contribution in [3.8, 4) is 28.4 Å². The molecule has 1 N–H and O–H groups in total. The summed E-state index contributed by atoms with van der Waals surface area (Å²) in [4.78, 5) is 29.2. The molecule has 0 amide bonds. The second-order valence-corrected chi connectivity index (χ2v) is 16.1. The van der Waals surface area contributed by atoms with Gasteiger partial charge < -0.3 is 18.8 Å². The first-order valence-corrected chi connectivity index (χ1v) is 19.8. The molecule has 0 bridgehead atoms. The molecule has 2 aromatic heterocycles. The van der Waals surface area contributed by atoms with Crippen LogP contribution in [0.25, 0.3) is 33.4 Å². The van der Waals surface area contributed by atoms with Gasteiger partial charge in [-0.25, -0.2) is 4.79 Å². The van der Waals surface area contributed by atoms with E-state index in [1.165, 1.54) is 10.4 Å². The summed E-state index contributed by atoms with van der Waals surface area (Å²) in [6, 6.07) is 24.5. The van der Waals surface area contributed by atoms with Gasteiger partial charge in [0.2, 0.25) is 18.4 Å². The maximum Gasteiger partial charge on any atom is 0.344 e. The SMILES string of the molecule is CC(C)(C)C(=O)OCn1nnc(-c2ccccc2-c2ccc(CN3CCC(COC(=O)c4c5n(c6ccccc46)CCCO5)CC3)cc2)n1.CS(=O)(=O)O. The Bertz CT molecular complexity index is 2190. The van der Waals surface area contributed by atoms with Crippen molar-refractivity contribution in [2.75, 3.05) is 32.6 Å². The highest BCUT2D eigenvalue weighted by Crippen LogP contribution is 2.36. The van der Waals surface area contributed by atoms with E-state index in [0.717, 1.165) is 73.0 Å². The minimum Gasteiger partial charge on any atom is -0.478 e. The Morgan fingerprint density at radius 3 is 2.30 bits per heavy atom. The number of hydrogen-bond donors (Lipinski definition) is 1. The number of fused-ring (bicyclic) bond motifs is 3. The molecule has 0 radical (unpaired) electrons. The van der Waals surface area contributed by atoms with Gasteiger partial charge in [-0.3, -0.25) is 14.2 Å². The predicted molar refractivity (Wildman–Crippen MR) is 202 cm³/mol. The van der Waals surface area contributed by atoms with Crippen LogP contribution in [-0.2, 0) is 44.2 Å². The topological polar surface area (TPSA) is 168 Å². The lowest BCUT2D eigenvalue weighted by Crippen LogP contribution is -2.35. The maximum atomic E-state index is 13.3. The zero-order valence-corrected chi connectivity index (χ0v) is 31.8. The smallest absolute Gasteiger partial charge is 0.344 e. The van der Waals surface area contributed by atoms with Gasteiger partial charge in [0.1, 0.15) is 5.56 Å². The molecule has 15 heteroatoms. The molecule has 286 valence electrons. The predicted octanol–water partition coefficient (Wildman–Crippen LogP) is 5.86. The molecule has 14 nitrogen and oxygen atoms in total. The molecule has 4 heterocycles. The second-order valence-electron chi connectivity index (χ2n) is 14.6. The van der Waals surface area contributed by atoms with Crippen molar-refractivity contribution in [1.82, 2.24) is 29.7 Å². The second kappa shape index (κ2) is 16.5. The van der Waals surface area contributed by atoms with Crippen molar-refractivity contribution in [1.29, 1.82) is 0 Å². The van der Waals surface area contributed by atoms with Crippen LogP contribution in [0.2, 0.25) is 0 Å². The van der Waals surface area contributed by atoms with Crippen LogP contribution in [0.1, 0.15) is 56.0 Å². The van der Waals surface area contributed by atoms with E-state index in [1.54, 1.807) is 20.8 Å². The van der Waals surface area contributed by atoms with Crippen LogP contribution in [0, 0.1) is 11.3 Å². The standard InChI is InChI=1S/C38H42N6O5.CH4O3S/c1-38(2,3)37(46)49-25-44-40-34(39-41-44)30-10-5-4-9-29(30)28-15-13-26(14-16-28)23-42-20-17-27(18-21-42)24-48-36(45)33-31-11-6-7-12-32(31)43-19-8-22-47-35(33)43;1-5(2,3)4/h4-7,9-16,27H,8,17-25H2,1-3H3;1H3,(H,2,3,4). The molecule has 1 saturated heterocycles. The lowest BCUT2D eigenvalue weighted by Gasteiger charge is -2.31. The largest absolute Gasteiger partial charge is 0.478 e. The van der Waals surface area contributed by atoms with Crippen molar-refractivity contribution in [3.05, 3.63) is 83.9 Å². The number of aryl methyl sites for hydroxylation is 1. The third-order valence-corrected chi connectivity index (χ3v) is 9.26. The number of nitrogens with zero attached hydrogens (tertiary/aromatic N) is 6. The molecule has 0 aliphatic carbocycles. The van der Waals surface area contributed by atoms with Crippen molar-refractivity contribution in [3.63, 3.8) is 0 Å². The molecule has 7 rings (SSSR count). The highest BCUT2D eigenvalue weighted by molar-refractivity contribution is 7.85. The quantitative estimate of drug-likeness (QED) is 0.141. The highest BCUT2D eigenvalue weighted by Gasteiger charge is 2.29. The number of aromatic nitrogens is 5. The van der Waals surface area contributed by atoms with Crippen molar-refractivity contribution >= 4 is 33.0 Å². The zero-order chi connectivity index (χ0) is 38.5. The molecular formula is C39H46N6O8S. The lowest BCUT2D eigenvalue weighted by atomic mass is 9.96. The van der Waals surface area contributed by atoms with Gasteiger partial charge in [0, 0.05) is 24.0 Å². The summed E-state index contributed by atoms with van der Waals surface area (Å²) in [6.45, 7) is 9.95. The Balaban J connectivity index is 0.000000934. The minimum atomic E-state index is -3.67. The monoisotopic (exact) mass is 758 g/mol.